The molecule has 2 heterocycles. The number of rotatable bonds is 6. The number of sulfonamides is 1. The molecule has 0 atom stereocenters. The molecule has 0 saturated carbocycles. The molecule has 2 aromatic heterocycles. The number of nitrogens with zero attached hydrogens (tertiary/aromatic N) is 2. The van der Waals surface area contributed by atoms with Crippen molar-refractivity contribution in [3.05, 3.63) is 39.8 Å². The largest absolute Gasteiger partial charge is 0.477 e. The van der Waals surface area contributed by atoms with Crippen LogP contribution in [0.4, 0.5) is 0 Å². The Labute approximate surface area is 140 Å². The molecule has 0 fully saturated rings. The van der Waals surface area contributed by atoms with Crippen LogP contribution in [0, 0.1) is 6.92 Å². The van der Waals surface area contributed by atoms with Gasteiger partial charge in [-0.3, -0.25) is 0 Å². The van der Waals surface area contributed by atoms with Gasteiger partial charge in [-0.15, -0.1) is 11.3 Å². The van der Waals surface area contributed by atoms with Crippen LogP contribution in [-0.2, 0) is 23.6 Å². The Balaban J connectivity index is 2.40. The number of carboxylic acid groups (broad SMARTS) is 1. The van der Waals surface area contributed by atoms with E-state index >= 15 is 0 Å². The first kappa shape index (κ1) is 17.7. The smallest absolute Gasteiger partial charge is 0.352 e. The lowest BCUT2D eigenvalue weighted by molar-refractivity contribution is 0.0686. The second kappa shape index (κ2) is 6.46. The summed E-state index contributed by atoms with van der Waals surface area (Å²) in [6, 6.07) is 4.83. The SMILES string of the molecule is Cc1ccc(CN(C(C)C)S(=O)(=O)c2cc(C(=O)O)n(C)c2)s1. The maximum Gasteiger partial charge on any atom is 0.352 e. The van der Waals surface area contributed by atoms with Gasteiger partial charge in [-0.1, -0.05) is 0 Å². The molecule has 0 spiro atoms. The molecule has 0 aliphatic carbocycles. The molecule has 23 heavy (non-hydrogen) atoms. The molecule has 1 N–H and O–H groups in total. The van der Waals surface area contributed by atoms with Crippen LogP contribution in [-0.4, -0.2) is 34.4 Å². The van der Waals surface area contributed by atoms with Gasteiger partial charge in [0.25, 0.3) is 0 Å². The third-order valence-electron chi connectivity index (χ3n) is 3.49. The second-order valence-corrected chi connectivity index (χ2v) is 8.90. The van der Waals surface area contributed by atoms with Gasteiger partial charge in [-0.05, 0) is 39.0 Å². The van der Waals surface area contributed by atoms with Crippen molar-refractivity contribution < 1.29 is 18.3 Å². The van der Waals surface area contributed by atoms with Crippen LogP contribution in [0.1, 0.15) is 34.1 Å². The van der Waals surface area contributed by atoms with Crippen LogP contribution in [0.3, 0.4) is 0 Å². The van der Waals surface area contributed by atoms with E-state index in [4.69, 9.17) is 5.11 Å². The fourth-order valence-electron chi connectivity index (χ4n) is 2.29. The Bertz CT molecular complexity index is 818. The minimum absolute atomic E-state index is 0.000576. The fourth-order valence-corrected chi connectivity index (χ4v) is 4.95. The quantitative estimate of drug-likeness (QED) is 0.863. The third kappa shape index (κ3) is 3.65. The molecular formula is C15H20N2O4S2. The van der Waals surface area contributed by atoms with Gasteiger partial charge in [0.2, 0.25) is 10.0 Å². The first-order chi connectivity index (χ1) is 10.6. The predicted molar refractivity (Wildman–Crippen MR) is 89.3 cm³/mol. The minimum Gasteiger partial charge on any atom is -0.477 e. The molecule has 2 rings (SSSR count). The summed E-state index contributed by atoms with van der Waals surface area (Å²) in [6.45, 7) is 5.85. The molecule has 126 valence electrons. The van der Waals surface area contributed by atoms with Crippen molar-refractivity contribution in [3.8, 4) is 0 Å². The normalized spacial score (nSPS) is 12.3. The van der Waals surface area contributed by atoms with Gasteiger partial charge in [0, 0.05) is 35.6 Å². The first-order valence-corrected chi connectivity index (χ1v) is 9.35. The molecular weight excluding hydrogens is 336 g/mol. The van der Waals surface area contributed by atoms with Crippen LogP contribution in [0.5, 0.6) is 0 Å². The number of carboxylic acids is 1. The Morgan fingerprint density at radius 2 is 2.04 bits per heavy atom. The van der Waals surface area contributed by atoms with E-state index in [1.165, 1.54) is 28.2 Å². The summed E-state index contributed by atoms with van der Waals surface area (Å²) < 4.78 is 28.5. The molecule has 8 heteroatoms. The number of hydrogen-bond donors (Lipinski definition) is 1. The molecule has 0 radical (unpaired) electrons. The van der Waals surface area contributed by atoms with Crippen molar-refractivity contribution in [1.82, 2.24) is 8.87 Å². The fraction of sp³-hybridized carbons (Fsp3) is 0.400. The average molecular weight is 356 g/mol. The standard InChI is InChI=1S/C15H20N2O4S2/c1-10(2)17(8-12-6-5-11(3)22-12)23(20,21)13-7-14(15(18)19)16(4)9-13/h5-7,9-10H,8H2,1-4H3,(H,18,19). The summed E-state index contributed by atoms with van der Waals surface area (Å²) >= 11 is 1.55. The lowest BCUT2D eigenvalue weighted by Gasteiger charge is -2.24. The molecule has 0 bridgehead atoms. The van der Waals surface area contributed by atoms with Gasteiger partial charge in [0.15, 0.2) is 0 Å². The van der Waals surface area contributed by atoms with E-state index < -0.39 is 16.0 Å². The van der Waals surface area contributed by atoms with Crippen molar-refractivity contribution in [1.29, 1.82) is 0 Å². The molecule has 0 saturated heterocycles. The van der Waals surface area contributed by atoms with E-state index in [-0.39, 0.29) is 23.2 Å². The van der Waals surface area contributed by atoms with E-state index in [1.54, 1.807) is 25.2 Å². The molecule has 0 amide bonds. The minimum atomic E-state index is -3.77. The highest BCUT2D eigenvalue weighted by Gasteiger charge is 2.29. The number of thiophene rings is 1. The van der Waals surface area contributed by atoms with Crippen LogP contribution in [0.2, 0.25) is 0 Å². The summed E-state index contributed by atoms with van der Waals surface area (Å²) in [7, 11) is -2.25. The van der Waals surface area contributed by atoms with Crippen molar-refractivity contribution in [2.24, 2.45) is 7.05 Å². The van der Waals surface area contributed by atoms with Crippen LogP contribution in [0.15, 0.2) is 29.3 Å². The number of aromatic carboxylic acids is 1. The highest BCUT2D eigenvalue weighted by molar-refractivity contribution is 7.89. The zero-order valence-corrected chi connectivity index (χ0v) is 15.1. The van der Waals surface area contributed by atoms with E-state index in [2.05, 4.69) is 0 Å². The highest BCUT2D eigenvalue weighted by Crippen LogP contribution is 2.25. The molecule has 0 unspecified atom stereocenters. The summed E-state index contributed by atoms with van der Waals surface area (Å²) in [5.74, 6) is -1.15. The number of carbonyl (C=O) groups is 1. The zero-order valence-electron chi connectivity index (χ0n) is 13.5. The van der Waals surface area contributed by atoms with Crippen molar-refractivity contribution in [3.63, 3.8) is 0 Å². The monoisotopic (exact) mass is 356 g/mol. The number of aryl methyl sites for hydroxylation is 2. The highest BCUT2D eigenvalue weighted by atomic mass is 32.2. The van der Waals surface area contributed by atoms with Gasteiger partial charge < -0.3 is 9.67 Å². The Morgan fingerprint density at radius 1 is 1.39 bits per heavy atom. The lowest BCUT2D eigenvalue weighted by atomic mass is 10.3. The Hall–Kier alpha value is -1.64. The third-order valence-corrected chi connectivity index (χ3v) is 6.46. The zero-order chi connectivity index (χ0) is 17.4. The summed E-state index contributed by atoms with van der Waals surface area (Å²) in [5, 5.41) is 9.10. The van der Waals surface area contributed by atoms with Crippen molar-refractivity contribution in [2.75, 3.05) is 0 Å². The van der Waals surface area contributed by atoms with Gasteiger partial charge in [-0.2, -0.15) is 4.31 Å². The van der Waals surface area contributed by atoms with E-state index in [0.717, 1.165) is 9.75 Å². The van der Waals surface area contributed by atoms with Crippen molar-refractivity contribution >= 4 is 27.3 Å². The average Bonchev–Trinajstić information content (AvgIpc) is 3.01. The van der Waals surface area contributed by atoms with E-state index in [1.807, 2.05) is 19.1 Å². The second-order valence-electron chi connectivity index (χ2n) is 5.63. The number of hydrogen-bond acceptors (Lipinski definition) is 4. The maximum atomic E-state index is 12.9. The molecule has 6 nitrogen and oxygen atoms in total. The molecule has 0 aromatic carbocycles. The van der Waals surface area contributed by atoms with Gasteiger partial charge in [0.1, 0.15) is 10.6 Å². The molecule has 2 aromatic rings. The topological polar surface area (TPSA) is 79.6 Å². The Kier molecular flexibility index (Phi) is 4.98. The van der Waals surface area contributed by atoms with Gasteiger partial charge in [0.05, 0.1) is 0 Å². The van der Waals surface area contributed by atoms with Gasteiger partial charge >= 0.3 is 5.97 Å². The summed E-state index contributed by atoms with van der Waals surface area (Å²) in [5.41, 5.74) is -0.0563. The van der Waals surface area contributed by atoms with Gasteiger partial charge in [-0.25, -0.2) is 13.2 Å². The van der Waals surface area contributed by atoms with Crippen LogP contribution < -0.4 is 0 Å². The van der Waals surface area contributed by atoms with Crippen molar-refractivity contribution in [2.45, 2.75) is 38.3 Å². The predicted octanol–water partition coefficient (Wildman–Crippen LogP) is 2.69. The Morgan fingerprint density at radius 3 is 2.48 bits per heavy atom. The molecule has 0 aliphatic heterocycles. The number of aromatic nitrogens is 1. The van der Waals surface area contributed by atoms with Crippen LogP contribution in [0.25, 0.3) is 0 Å². The molecule has 0 aliphatic rings. The lowest BCUT2D eigenvalue weighted by Crippen LogP contribution is -2.36. The first-order valence-electron chi connectivity index (χ1n) is 7.09. The van der Waals surface area contributed by atoms with E-state index in [9.17, 15) is 13.2 Å². The van der Waals surface area contributed by atoms with E-state index in [0.29, 0.717) is 0 Å². The maximum absolute atomic E-state index is 12.9. The van der Waals surface area contributed by atoms with Crippen LogP contribution >= 0.6 is 11.3 Å². The summed E-state index contributed by atoms with van der Waals surface area (Å²) in [4.78, 5) is 13.2. The summed E-state index contributed by atoms with van der Waals surface area (Å²) in [6.07, 6.45) is 1.34.